The van der Waals surface area contributed by atoms with Crippen LogP contribution in [0, 0.1) is 6.92 Å². The highest BCUT2D eigenvalue weighted by Gasteiger charge is 2.37. The normalized spacial score (nSPS) is 18.6. The number of ketones is 1. The van der Waals surface area contributed by atoms with Gasteiger partial charge in [-0.3, -0.25) is 9.59 Å². The predicted octanol–water partition coefficient (Wildman–Crippen LogP) is 3.92. The SMILES string of the molecule is C=CCSc1nc2c(c(=O)[nH]1)C(c1cccc(C)c1)C1=C(CCCC1=O)N2. The fourth-order valence-corrected chi connectivity index (χ4v) is 4.43. The molecule has 2 N–H and O–H groups in total. The maximum Gasteiger partial charge on any atom is 0.257 e. The van der Waals surface area contributed by atoms with Crippen LogP contribution in [0.5, 0.6) is 0 Å². The second-order valence-corrected chi connectivity index (χ2v) is 7.88. The largest absolute Gasteiger partial charge is 0.343 e. The van der Waals surface area contributed by atoms with E-state index in [2.05, 4.69) is 21.9 Å². The number of aromatic nitrogens is 2. The molecule has 2 heterocycles. The van der Waals surface area contributed by atoms with Crippen LogP contribution in [0.1, 0.15) is 41.9 Å². The topological polar surface area (TPSA) is 74.8 Å². The quantitative estimate of drug-likeness (QED) is 0.478. The minimum Gasteiger partial charge on any atom is -0.343 e. The summed E-state index contributed by atoms with van der Waals surface area (Å²) in [5.74, 6) is 0.962. The number of nitrogens with zero attached hydrogens (tertiary/aromatic N) is 1. The van der Waals surface area contributed by atoms with Gasteiger partial charge in [0.1, 0.15) is 5.82 Å². The zero-order valence-corrected chi connectivity index (χ0v) is 16.0. The minimum absolute atomic E-state index is 0.116. The number of carbonyl (C=O) groups is 1. The number of anilines is 1. The van der Waals surface area contributed by atoms with Gasteiger partial charge in [-0.05, 0) is 25.3 Å². The molecular weight excluding hydrogens is 358 g/mol. The Kier molecular flexibility index (Phi) is 4.74. The molecule has 0 bridgehead atoms. The van der Waals surface area contributed by atoms with Crippen molar-refractivity contribution in [1.82, 2.24) is 9.97 Å². The van der Waals surface area contributed by atoms with Gasteiger partial charge < -0.3 is 10.3 Å². The van der Waals surface area contributed by atoms with Gasteiger partial charge >= 0.3 is 0 Å². The van der Waals surface area contributed by atoms with Crippen LogP contribution in [0.25, 0.3) is 0 Å². The summed E-state index contributed by atoms with van der Waals surface area (Å²) in [6.45, 7) is 5.72. The molecule has 27 heavy (non-hydrogen) atoms. The Balaban J connectivity index is 1.92. The first kappa shape index (κ1) is 17.8. The summed E-state index contributed by atoms with van der Waals surface area (Å²) in [6.07, 6.45) is 3.92. The molecule has 1 aromatic heterocycles. The zero-order chi connectivity index (χ0) is 19.0. The van der Waals surface area contributed by atoms with Gasteiger partial charge in [-0.25, -0.2) is 4.98 Å². The molecule has 1 aromatic carbocycles. The average molecular weight is 379 g/mol. The number of nitrogens with one attached hydrogen (secondary N) is 2. The van der Waals surface area contributed by atoms with Gasteiger partial charge in [-0.1, -0.05) is 47.7 Å². The molecule has 1 unspecified atom stereocenters. The summed E-state index contributed by atoms with van der Waals surface area (Å²) in [7, 11) is 0. The number of aromatic amines is 1. The third-order valence-electron chi connectivity index (χ3n) is 4.95. The third-order valence-corrected chi connectivity index (χ3v) is 5.82. The highest BCUT2D eigenvalue weighted by atomic mass is 32.2. The van der Waals surface area contributed by atoms with Gasteiger partial charge in [0.15, 0.2) is 10.9 Å². The van der Waals surface area contributed by atoms with Crippen molar-refractivity contribution in [3.05, 3.63) is 75.2 Å². The number of aryl methyl sites for hydroxylation is 1. The Hall–Kier alpha value is -2.60. The predicted molar refractivity (Wildman–Crippen MR) is 108 cm³/mol. The molecule has 0 saturated heterocycles. The van der Waals surface area contributed by atoms with E-state index >= 15 is 0 Å². The van der Waals surface area contributed by atoms with E-state index in [-0.39, 0.29) is 17.3 Å². The third kappa shape index (κ3) is 3.25. The lowest BCUT2D eigenvalue weighted by atomic mass is 9.76. The van der Waals surface area contributed by atoms with E-state index in [1.807, 2.05) is 31.2 Å². The summed E-state index contributed by atoms with van der Waals surface area (Å²) < 4.78 is 0. The van der Waals surface area contributed by atoms with Crippen molar-refractivity contribution >= 4 is 23.4 Å². The number of hydrogen-bond donors (Lipinski definition) is 2. The Morgan fingerprint density at radius 2 is 2.19 bits per heavy atom. The van der Waals surface area contributed by atoms with Gasteiger partial charge in [0, 0.05) is 29.4 Å². The minimum atomic E-state index is -0.376. The number of Topliss-reactive ketones (excluding diaryl/α,β-unsaturated/α-hetero) is 1. The second-order valence-electron chi connectivity index (χ2n) is 6.87. The van der Waals surface area contributed by atoms with Crippen molar-refractivity contribution in [1.29, 1.82) is 0 Å². The molecular formula is C21H21N3O2S. The second kappa shape index (κ2) is 7.19. The zero-order valence-electron chi connectivity index (χ0n) is 15.2. The van der Waals surface area contributed by atoms with E-state index in [1.54, 1.807) is 6.08 Å². The summed E-state index contributed by atoms with van der Waals surface area (Å²) in [6, 6.07) is 8.02. The summed E-state index contributed by atoms with van der Waals surface area (Å²) >= 11 is 1.43. The Morgan fingerprint density at radius 3 is 2.96 bits per heavy atom. The molecule has 0 fully saturated rings. The van der Waals surface area contributed by atoms with E-state index in [9.17, 15) is 9.59 Å². The lowest BCUT2D eigenvalue weighted by molar-refractivity contribution is -0.116. The number of benzene rings is 1. The van der Waals surface area contributed by atoms with Crippen molar-refractivity contribution < 1.29 is 4.79 Å². The van der Waals surface area contributed by atoms with Gasteiger partial charge in [-0.15, -0.1) is 6.58 Å². The van der Waals surface area contributed by atoms with E-state index in [1.165, 1.54) is 11.8 Å². The van der Waals surface area contributed by atoms with Crippen LogP contribution in [-0.2, 0) is 4.79 Å². The standard InChI is InChI=1S/C21H21N3O2S/c1-3-10-27-21-23-19-18(20(26)24-21)16(13-7-4-6-12(2)11-13)17-14(22-19)8-5-9-15(17)25/h3-4,6-7,11,16H,1,5,8-10H2,2H3,(H2,22,23,24,26). The maximum atomic E-state index is 13.0. The van der Waals surface area contributed by atoms with Crippen LogP contribution in [-0.4, -0.2) is 21.5 Å². The van der Waals surface area contributed by atoms with Crippen LogP contribution in [0.3, 0.4) is 0 Å². The lowest BCUT2D eigenvalue weighted by Gasteiger charge is -2.32. The molecule has 6 heteroatoms. The Bertz CT molecular complexity index is 1020. The molecule has 0 amide bonds. The number of carbonyl (C=O) groups excluding carboxylic acids is 1. The van der Waals surface area contributed by atoms with Crippen molar-refractivity contribution in [3.8, 4) is 0 Å². The number of rotatable bonds is 4. The molecule has 2 aromatic rings. The molecule has 2 aliphatic rings. The number of allylic oxidation sites excluding steroid dienone is 2. The van der Waals surface area contributed by atoms with E-state index < -0.39 is 0 Å². The average Bonchev–Trinajstić information content (AvgIpc) is 2.65. The van der Waals surface area contributed by atoms with Crippen molar-refractivity contribution in [2.24, 2.45) is 0 Å². The van der Waals surface area contributed by atoms with Crippen LogP contribution in [0.4, 0.5) is 5.82 Å². The number of hydrogen-bond acceptors (Lipinski definition) is 5. The fraction of sp³-hybridized carbons (Fsp3) is 0.286. The highest BCUT2D eigenvalue weighted by molar-refractivity contribution is 7.99. The maximum absolute atomic E-state index is 13.0. The molecule has 0 spiro atoms. The highest BCUT2D eigenvalue weighted by Crippen LogP contribution is 2.43. The molecule has 1 aliphatic heterocycles. The number of thioether (sulfide) groups is 1. The van der Waals surface area contributed by atoms with Gasteiger partial charge in [-0.2, -0.15) is 0 Å². The van der Waals surface area contributed by atoms with Crippen molar-refractivity contribution in [3.63, 3.8) is 0 Å². The first-order chi connectivity index (χ1) is 13.1. The van der Waals surface area contributed by atoms with Crippen molar-refractivity contribution in [2.45, 2.75) is 37.3 Å². The Labute approximate surface area is 162 Å². The van der Waals surface area contributed by atoms with Crippen LogP contribution < -0.4 is 10.9 Å². The number of fused-ring (bicyclic) bond motifs is 1. The van der Waals surface area contributed by atoms with E-state index in [0.717, 1.165) is 35.2 Å². The molecule has 0 saturated carbocycles. The molecule has 5 nitrogen and oxygen atoms in total. The van der Waals surface area contributed by atoms with Gasteiger partial charge in [0.25, 0.3) is 5.56 Å². The molecule has 138 valence electrons. The number of H-pyrrole nitrogens is 1. The first-order valence-corrected chi connectivity index (χ1v) is 10.0. The summed E-state index contributed by atoms with van der Waals surface area (Å²) in [5, 5.41) is 3.85. The van der Waals surface area contributed by atoms with Crippen LogP contribution >= 0.6 is 11.8 Å². The van der Waals surface area contributed by atoms with Crippen molar-refractivity contribution in [2.75, 3.05) is 11.1 Å². The van der Waals surface area contributed by atoms with E-state index in [0.29, 0.717) is 28.7 Å². The summed E-state index contributed by atoms with van der Waals surface area (Å²) in [4.78, 5) is 33.3. The van der Waals surface area contributed by atoms with E-state index in [4.69, 9.17) is 0 Å². The molecule has 0 radical (unpaired) electrons. The lowest BCUT2D eigenvalue weighted by Crippen LogP contribution is -2.32. The van der Waals surface area contributed by atoms with Crippen LogP contribution in [0.15, 0.2) is 58.1 Å². The monoisotopic (exact) mass is 379 g/mol. The Morgan fingerprint density at radius 1 is 1.33 bits per heavy atom. The van der Waals surface area contributed by atoms with Gasteiger partial charge in [0.05, 0.1) is 5.56 Å². The molecule has 4 rings (SSSR count). The van der Waals surface area contributed by atoms with Crippen LogP contribution in [0.2, 0.25) is 0 Å². The fourth-order valence-electron chi connectivity index (χ4n) is 3.83. The molecule has 1 aliphatic carbocycles. The molecule has 1 atom stereocenters. The smallest absolute Gasteiger partial charge is 0.257 e. The first-order valence-electron chi connectivity index (χ1n) is 9.06. The summed E-state index contributed by atoms with van der Waals surface area (Å²) in [5.41, 5.74) is 4.01. The van der Waals surface area contributed by atoms with Gasteiger partial charge in [0.2, 0.25) is 0 Å².